The van der Waals surface area contributed by atoms with E-state index < -0.39 is 6.10 Å². The van der Waals surface area contributed by atoms with Gasteiger partial charge in [0.1, 0.15) is 5.82 Å². The predicted octanol–water partition coefficient (Wildman–Crippen LogP) is 1.37. The van der Waals surface area contributed by atoms with Crippen LogP contribution in [0, 0.1) is 12.7 Å². The molecular weight excluding hydrogens is 275 g/mol. The molecule has 0 saturated carbocycles. The molecule has 0 aliphatic rings. The third kappa shape index (κ3) is 7.06. The van der Waals surface area contributed by atoms with Crippen LogP contribution in [0.15, 0.2) is 18.2 Å². The van der Waals surface area contributed by atoms with Crippen molar-refractivity contribution in [2.75, 3.05) is 26.8 Å². The molecule has 0 aliphatic heterocycles. The van der Waals surface area contributed by atoms with Gasteiger partial charge in [-0.15, -0.1) is 0 Å². The molecule has 0 saturated heterocycles. The van der Waals surface area contributed by atoms with E-state index in [1.54, 1.807) is 6.07 Å². The van der Waals surface area contributed by atoms with E-state index in [1.807, 2.05) is 6.92 Å². The van der Waals surface area contributed by atoms with E-state index >= 15 is 0 Å². The number of nitrogens with one attached hydrogen (secondary N) is 2. The molecule has 1 unspecified atom stereocenters. The van der Waals surface area contributed by atoms with Crippen LogP contribution in [0.5, 0.6) is 0 Å². The fourth-order valence-electron chi connectivity index (χ4n) is 1.94. The zero-order valence-corrected chi connectivity index (χ0v) is 12.5. The first-order valence-corrected chi connectivity index (χ1v) is 6.96. The summed E-state index contributed by atoms with van der Waals surface area (Å²) in [5, 5.41) is 14.8. The quantitative estimate of drug-likeness (QED) is 0.679. The van der Waals surface area contributed by atoms with Gasteiger partial charge in [0.15, 0.2) is 0 Å². The number of halogens is 1. The van der Waals surface area contributed by atoms with Crippen LogP contribution in [0.25, 0.3) is 0 Å². The first kappa shape index (κ1) is 17.4. The topological polar surface area (TPSA) is 70.6 Å². The van der Waals surface area contributed by atoms with E-state index in [9.17, 15) is 14.3 Å². The van der Waals surface area contributed by atoms with Crippen LogP contribution < -0.4 is 10.6 Å². The molecule has 5 nitrogen and oxygen atoms in total. The van der Waals surface area contributed by atoms with E-state index in [1.165, 1.54) is 19.2 Å². The smallest absolute Gasteiger partial charge is 0.314 e. The van der Waals surface area contributed by atoms with Crippen molar-refractivity contribution in [2.45, 2.75) is 25.9 Å². The number of benzene rings is 1. The average molecular weight is 298 g/mol. The number of aliphatic hydroxyl groups excluding tert-OH is 1. The van der Waals surface area contributed by atoms with Gasteiger partial charge in [-0.25, -0.2) is 9.18 Å². The van der Waals surface area contributed by atoms with Crippen molar-refractivity contribution in [3.8, 4) is 0 Å². The fraction of sp³-hybridized carbons (Fsp3) is 0.533. The number of aliphatic hydroxyl groups is 1. The minimum absolute atomic E-state index is 0.253. The summed E-state index contributed by atoms with van der Waals surface area (Å²) in [4.78, 5) is 11.5. The lowest BCUT2D eigenvalue weighted by atomic mass is 10.1. The number of hydrogen-bond acceptors (Lipinski definition) is 3. The first-order valence-electron chi connectivity index (χ1n) is 6.96. The van der Waals surface area contributed by atoms with Gasteiger partial charge in [0.2, 0.25) is 0 Å². The Bertz CT molecular complexity index is 455. The highest BCUT2D eigenvalue weighted by atomic mass is 19.1. The largest absolute Gasteiger partial charge is 0.391 e. The maximum Gasteiger partial charge on any atom is 0.314 e. The molecule has 21 heavy (non-hydrogen) atoms. The first-order chi connectivity index (χ1) is 10.0. The lowest BCUT2D eigenvalue weighted by molar-refractivity contribution is 0.0599. The second-order valence-electron chi connectivity index (χ2n) is 4.90. The number of amides is 2. The Morgan fingerprint density at radius 2 is 2.10 bits per heavy atom. The lowest BCUT2D eigenvalue weighted by Crippen LogP contribution is -2.38. The van der Waals surface area contributed by atoms with Gasteiger partial charge in [0, 0.05) is 20.2 Å². The highest BCUT2D eigenvalue weighted by Crippen LogP contribution is 2.10. The molecule has 1 aromatic rings. The number of methoxy groups -OCH3 is 1. The second-order valence-corrected chi connectivity index (χ2v) is 4.90. The van der Waals surface area contributed by atoms with Gasteiger partial charge in [0.05, 0.1) is 12.7 Å². The lowest BCUT2D eigenvalue weighted by Gasteiger charge is -2.11. The Hall–Kier alpha value is -1.66. The number of carbonyl (C=O) groups is 1. The molecule has 1 rings (SSSR count). The van der Waals surface area contributed by atoms with Crippen LogP contribution in [0.1, 0.15) is 17.5 Å². The van der Waals surface area contributed by atoms with Crippen molar-refractivity contribution in [2.24, 2.45) is 0 Å². The summed E-state index contributed by atoms with van der Waals surface area (Å²) in [5.74, 6) is -0.253. The third-order valence-corrected chi connectivity index (χ3v) is 3.11. The van der Waals surface area contributed by atoms with Gasteiger partial charge in [-0.1, -0.05) is 6.07 Å². The van der Waals surface area contributed by atoms with Gasteiger partial charge < -0.3 is 20.5 Å². The van der Waals surface area contributed by atoms with Crippen molar-refractivity contribution in [1.29, 1.82) is 0 Å². The Kier molecular flexibility index (Phi) is 7.71. The summed E-state index contributed by atoms with van der Waals surface area (Å²) in [6, 6.07) is 4.34. The number of urea groups is 1. The Morgan fingerprint density at radius 3 is 2.76 bits per heavy atom. The fourth-order valence-corrected chi connectivity index (χ4v) is 1.94. The number of rotatable bonds is 8. The van der Waals surface area contributed by atoms with Crippen LogP contribution in [0.2, 0.25) is 0 Å². The van der Waals surface area contributed by atoms with Crippen molar-refractivity contribution < 1.29 is 19.0 Å². The minimum atomic E-state index is -0.572. The van der Waals surface area contributed by atoms with Crippen molar-refractivity contribution in [3.05, 3.63) is 35.1 Å². The zero-order chi connectivity index (χ0) is 15.7. The van der Waals surface area contributed by atoms with E-state index in [2.05, 4.69) is 10.6 Å². The van der Waals surface area contributed by atoms with Crippen LogP contribution >= 0.6 is 0 Å². The molecule has 0 aromatic heterocycles. The van der Waals surface area contributed by atoms with E-state index in [-0.39, 0.29) is 18.5 Å². The van der Waals surface area contributed by atoms with Crippen molar-refractivity contribution in [1.82, 2.24) is 10.6 Å². The van der Waals surface area contributed by atoms with Crippen LogP contribution in [0.3, 0.4) is 0 Å². The zero-order valence-electron chi connectivity index (χ0n) is 12.5. The monoisotopic (exact) mass is 298 g/mol. The van der Waals surface area contributed by atoms with Crippen molar-refractivity contribution in [3.63, 3.8) is 0 Å². The van der Waals surface area contributed by atoms with Crippen LogP contribution in [-0.2, 0) is 11.2 Å². The third-order valence-electron chi connectivity index (χ3n) is 3.11. The Balaban J connectivity index is 2.18. The summed E-state index contributed by atoms with van der Waals surface area (Å²) >= 11 is 0. The normalized spacial score (nSPS) is 12.0. The van der Waals surface area contributed by atoms with E-state index in [0.717, 1.165) is 11.1 Å². The number of carbonyl (C=O) groups excluding carboxylic acids is 1. The van der Waals surface area contributed by atoms with Crippen LogP contribution in [0.4, 0.5) is 9.18 Å². The molecule has 6 heteroatoms. The highest BCUT2D eigenvalue weighted by molar-refractivity contribution is 5.73. The predicted molar refractivity (Wildman–Crippen MR) is 78.7 cm³/mol. The highest BCUT2D eigenvalue weighted by Gasteiger charge is 2.05. The Labute approximate surface area is 124 Å². The number of ether oxygens (including phenoxy) is 1. The Morgan fingerprint density at radius 1 is 1.38 bits per heavy atom. The number of hydrogen-bond donors (Lipinski definition) is 3. The van der Waals surface area contributed by atoms with Gasteiger partial charge in [-0.3, -0.25) is 0 Å². The van der Waals surface area contributed by atoms with E-state index in [0.29, 0.717) is 25.9 Å². The summed E-state index contributed by atoms with van der Waals surface area (Å²) in [7, 11) is 1.51. The summed E-state index contributed by atoms with van der Waals surface area (Å²) in [6.07, 6.45) is 0.515. The molecule has 118 valence electrons. The summed E-state index contributed by atoms with van der Waals surface area (Å²) < 4.78 is 17.7. The van der Waals surface area contributed by atoms with Gasteiger partial charge in [-0.05, 0) is 43.0 Å². The number of aryl methyl sites for hydroxylation is 1. The minimum Gasteiger partial charge on any atom is -0.391 e. The standard InChI is InChI=1S/C15H23FN2O3/c1-11-9-13(16)4-3-12(11)5-7-17-15(20)18-8-6-14(19)10-21-2/h3-4,9,14,19H,5-8,10H2,1-2H3,(H2,17,18,20). The SMILES string of the molecule is COCC(O)CCNC(=O)NCCc1ccc(F)cc1C. The van der Waals surface area contributed by atoms with E-state index in [4.69, 9.17) is 4.74 Å². The molecular formula is C15H23FN2O3. The molecule has 0 bridgehead atoms. The van der Waals surface area contributed by atoms with Gasteiger partial charge >= 0.3 is 6.03 Å². The van der Waals surface area contributed by atoms with Gasteiger partial charge in [0.25, 0.3) is 0 Å². The average Bonchev–Trinajstić information content (AvgIpc) is 2.41. The van der Waals surface area contributed by atoms with Crippen molar-refractivity contribution >= 4 is 6.03 Å². The maximum atomic E-state index is 12.9. The van der Waals surface area contributed by atoms with Crippen LogP contribution in [-0.4, -0.2) is 44.0 Å². The molecule has 0 heterocycles. The molecule has 1 aromatic carbocycles. The summed E-state index contributed by atoms with van der Waals surface area (Å²) in [6.45, 7) is 2.95. The molecule has 2 amide bonds. The van der Waals surface area contributed by atoms with Gasteiger partial charge in [-0.2, -0.15) is 0 Å². The molecule has 0 aliphatic carbocycles. The molecule has 1 atom stereocenters. The molecule has 0 radical (unpaired) electrons. The molecule has 0 spiro atoms. The maximum absolute atomic E-state index is 12.9. The molecule has 0 fully saturated rings. The second kappa shape index (κ2) is 9.31. The molecule has 3 N–H and O–H groups in total. The summed E-state index contributed by atoms with van der Waals surface area (Å²) in [5.41, 5.74) is 1.88.